The molecule has 0 amide bonds. The maximum absolute atomic E-state index is 12.1. The number of fused-ring (bicyclic) bond motifs is 1. The highest BCUT2D eigenvalue weighted by molar-refractivity contribution is 9.10. The van der Waals surface area contributed by atoms with E-state index >= 15 is 0 Å². The Morgan fingerprint density at radius 1 is 1.21 bits per heavy atom. The van der Waals surface area contributed by atoms with Crippen molar-refractivity contribution in [3.8, 4) is 0 Å². The average molecular weight is 387 g/mol. The molecule has 0 bridgehead atoms. The number of hydrogen-bond donors (Lipinski definition) is 0. The van der Waals surface area contributed by atoms with Crippen molar-refractivity contribution in [2.75, 3.05) is 0 Å². The van der Waals surface area contributed by atoms with Crippen LogP contribution in [0.25, 0.3) is 5.65 Å². The third-order valence-electron chi connectivity index (χ3n) is 3.31. The van der Waals surface area contributed by atoms with Gasteiger partial charge in [0.05, 0.1) is 11.3 Å². The Morgan fingerprint density at radius 2 is 1.96 bits per heavy atom. The number of pyridine rings is 1. The standard InChI is InChI=1S/C17H11BrN2O4/c18-13-5-6-15-19-14(7-16(22)20(15)8-13)10-24-17(23)12-3-1-11(9-21)2-4-12/h1-9H,10H2. The van der Waals surface area contributed by atoms with Gasteiger partial charge < -0.3 is 4.74 Å². The maximum Gasteiger partial charge on any atom is 0.338 e. The van der Waals surface area contributed by atoms with Crippen molar-refractivity contribution in [1.29, 1.82) is 0 Å². The summed E-state index contributed by atoms with van der Waals surface area (Å²) in [6.45, 7) is -0.115. The number of carbonyl (C=O) groups excluding carboxylic acids is 2. The molecule has 0 fully saturated rings. The Hall–Kier alpha value is -2.80. The summed E-state index contributed by atoms with van der Waals surface area (Å²) in [6.07, 6.45) is 2.31. The predicted octanol–water partition coefficient (Wildman–Crippen LogP) is 2.63. The van der Waals surface area contributed by atoms with E-state index in [-0.39, 0.29) is 12.2 Å². The number of benzene rings is 1. The highest BCUT2D eigenvalue weighted by Crippen LogP contribution is 2.10. The fourth-order valence-corrected chi connectivity index (χ4v) is 2.46. The van der Waals surface area contributed by atoms with Crippen LogP contribution < -0.4 is 5.56 Å². The molecule has 0 aliphatic carbocycles. The van der Waals surface area contributed by atoms with Gasteiger partial charge in [-0.15, -0.1) is 0 Å². The van der Waals surface area contributed by atoms with Gasteiger partial charge in [-0.25, -0.2) is 9.78 Å². The highest BCUT2D eigenvalue weighted by Gasteiger charge is 2.09. The van der Waals surface area contributed by atoms with E-state index < -0.39 is 5.97 Å². The van der Waals surface area contributed by atoms with E-state index in [0.29, 0.717) is 28.8 Å². The molecule has 3 aromatic rings. The number of hydrogen-bond acceptors (Lipinski definition) is 5. The lowest BCUT2D eigenvalue weighted by atomic mass is 10.1. The van der Waals surface area contributed by atoms with Crippen LogP contribution in [0.15, 0.2) is 57.9 Å². The third-order valence-corrected chi connectivity index (χ3v) is 3.78. The molecule has 0 saturated heterocycles. The molecule has 0 unspecified atom stereocenters. The molecule has 0 spiro atoms. The van der Waals surface area contributed by atoms with Gasteiger partial charge in [-0.3, -0.25) is 14.0 Å². The van der Waals surface area contributed by atoms with Crippen LogP contribution in [0.1, 0.15) is 26.4 Å². The van der Waals surface area contributed by atoms with Crippen LogP contribution in [0.5, 0.6) is 0 Å². The van der Waals surface area contributed by atoms with Gasteiger partial charge in [-0.05, 0) is 40.2 Å². The van der Waals surface area contributed by atoms with Gasteiger partial charge in [-0.2, -0.15) is 0 Å². The second kappa shape index (κ2) is 6.76. The molecule has 1 aromatic carbocycles. The van der Waals surface area contributed by atoms with Gasteiger partial charge in [0.15, 0.2) is 0 Å². The number of rotatable bonds is 4. The minimum Gasteiger partial charge on any atom is -0.456 e. The second-order valence-electron chi connectivity index (χ2n) is 4.98. The minimum absolute atomic E-state index is 0.115. The summed E-state index contributed by atoms with van der Waals surface area (Å²) in [5, 5.41) is 0. The van der Waals surface area contributed by atoms with Crippen molar-refractivity contribution >= 4 is 33.8 Å². The molecule has 6 nitrogen and oxygen atoms in total. The van der Waals surface area contributed by atoms with Crippen molar-refractivity contribution in [2.45, 2.75) is 6.61 Å². The lowest BCUT2D eigenvalue weighted by molar-refractivity contribution is 0.0467. The summed E-state index contributed by atoms with van der Waals surface area (Å²) in [5.41, 5.74) is 1.36. The van der Waals surface area contributed by atoms with E-state index in [1.165, 1.54) is 34.7 Å². The lowest BCUT2D eigenvalue weighted by Crippen LogP contribution is -2.16. The number of halogens is 1. The van der Waals surface area contributed by atoms with Crippen molar-refractivity contribution in [3.63, 3.8) is 0 Å². The van der Waals surface area contributed by atoms with E-state index in [9.17, 15) is 14.4 Å². The van der Waals surface area contributed by atoms with Gasteiger partial charge in [0, 0.05) is 22.3 Å². The quantitative estimate of drug-likeness (QED) is 0.508. The molecule has 0 N–H and O–H groups in total. The number of nitrogens with zero attached hydrogens (tertiary/aromatic N) is 2. The predicted molar refractivity (Wildman–Crippen MR) is 90.1 cm³/mol. The Kier molecular flexibility index (Phi) is 4.52. The summed E-state index contributed by atoms with van der Waals surface area (Å²) < 4.78 is 7.33. The monoisotopic (exact) mass is 386 g/mol. The van der Waals surface area contributed by atoms with E-state index in [0.717, 1.165) is 4.47 Å². The Labute approximate surface area is 144 Å². The van der Waals surface area contributed by atoms with Crippen LogP contribution in [0.3, 0.4) is 0 Å². The molecule has 0 atom stereocenters. The number of carbonyl (C=O) groups is 2. The van der Waals surface area contributed by atoms with E-state index in [1.807, 2.05) is 0 Å². The van der Waals surface area contributed by atoms with Gasteiger partial charge in [0.2, 0.25) is 0 Å². The molecular formula is C17H11BrN2O4. The highest BCUT2D eigenvalue weighted by atomic mass is 79.9. The first-order chi connectivity index (χ1) is 11.6. The van der Waals surface area contributed by atoms with Crippen molar-refractivity contribution in [1.82, 2.24) is 9.38 Å². The lowest BCUT2D eigenvalue weighted by Gasteiger charge is -2.06. The SMILES string of the molecule is O=Cc1ccc(C(=O)OCc2cc(=O)n3cc(Br)ccc3n2)cc1. The smallest absolute Gasteiger partial charge is 0.338 e. The normalized spacial score (nSPS) is 10.5. The van der Waals surface area contributed by atoms with Crippen molar-refractivity contribution in [2.24, 2.45) is 0 Å². The summed E-state index contributed by atoms with van der Waals surface area (Å²) in [5.74, 6) is -0.551. The molecule has 0 aliphatic heterocycles. The molecule has 7 heteroatoms. The largest absolute Gasteiger partial charge is 0.456 e. The molecule has 24 heavy (non-hydrogen) atoms. The topological polar surface area (TPSA) is 77.7 Å². The van der Waals surface area contributed by atoms with Crippen molar-refractivity contribution < 1.29 is 14.3 Å². The fraction of sp³-hybridized carbons (Fsp3) is 0.0588. The zero-order valence-electron chi connectivity index (χ0n) is 12.3. The third kappa shape index (κ3) is 3.41. The van der Waals surface area contributed by atoms with Crippen LogP contribution >= 0.6 is 15.9 Å². The summed E-state index contributed by atoms with van der Waals surface area (Å²) >= 11 is 3.29. The number of ether oxygens (including phenoxy) is 1. The number of aldehydes is 1. The maximum atomic E-state index is 12.1. The molecule has 0 radical (unpaired) electrons. The first-order valence-electron chi connectivity index (χ1n) is 6.97. The molecule has 0 aliphatic rings. The van der Waals surface area contributed by atoms with Crippen LogP contribution in [0, 0.1) is 0 Å². The van der Waals surface area contributed by atoms with Gasteiger partial charge in [0.25, 0.3) is 5.56 Å². The van der Waals surface area contributed by atoms with Crippen LogP contribution in [0.4, 0.5) is 0 Å². The molecule has 3 rings (SSSR count). The summed E-state index contributed by atoms with van der Waals surface area (Å²) in [6, 6.07) is 10.9. The Morgan fingerprint density at radius 3 is 2.67 bits per heavy atom. The van der Waals surface area contributed by atoms with Crippen LogP contribution in [0.2, 0.25) is 0 Å². The van der Waals surface area contributed by atoms with Crippen LogP contribution in [-0.2, 0) is 11.3 Å². The molecule has 120 valence electrons. The zero-order valence-corrected chi connectivity index (χ0v) is 13.9. The number of aromatic nitrogens is 2. The molecular weight excluding hydrogens is 376 g/mol. The van der Waals surface area contributed by atoms with Crippen molar-refractivity contribution in [3.05, 3.63) is 80.3 Å². The first kappa shape index (κ1) is 16.1. The molecule has 0 saturated carbocycles. The van der Waals surface area contributed by atoms with Crippen LogP contribution in [-0.4, -0.2) is 21.6 Å². The van der Waals surface area contributed by atoms with E-state index in [4.69, 9.17) is 4.74 Å². The Balaban J connectivity index is 1.77. The number of esters is 1. The van der Waals surface area contributed by atoms with Gasteiger partial charge >= 0.3 is 5.97 Å². The molecule has 2 heterocycles. The van der Waals surface area contributed by atoms with Gasteiger partial charge in [-0.1, -0.05) is 12.1 Å². The average Bonchev–Trinajstić information content (AvgIpc) is 2.60. The first-order valence-corrected chi connectivity index (χ1v) is 7.76. The Bertz CT molecular complexity index is 980. The zero-order chi connectivity index (χ0) is 17.1. The van der Waals surface area contributed by atoms with E-state index in [2.05, 4.69) is 20.9 Å². The van der Waals surface area contributed by atoms with Gasteiger partial charge in [0.1, 0.15) is 18.5 Å². The summed E-state index contributed by atoms with van der Waals surface area (Å²) in [4.78, 5) is 38.9. The minimum atomic E-state index is -0.551. The van der Waals surface area contributed by atoms with E-state index in [1.54, 1.807) is 18.3 Å². The second-order valence-corrected chi connectivity index (χ2v) is 5.89. The summed E-state index contributed by atoms with van der Waals surface area (Å²) in [7, 11) is 0. The molecule has 2 aromatic heterocycles. The fourth-order valence-electron chi connectivity index (χ4n) is 2.12.